The molecule has 1 aromatic heterocycles. The number of nitrogens with zero attached hydrogens (tertiary/aromatic N) is 3. The quantitative estimate of drug-likeness (QED) is 0.569. The summed E-state index contributed by atoms with van der Waals surface area (Å²) < 4.78 is 25.0. The van der Waals surface area contributed by atoms with Crippen LogP contribution in [0.25, 0.3) is 10.9 Å². The monoisotopic (exact) mass is 410 g/mol. The van der Waals surface area contributed by atoms with E-state index in [2.05, 4.69) is 20.2 Å². The van der Waals surface area contributed by atoms with Gasteiger partial charge in [0.1, 0.15) is 23.7 Å². The summed E-state index contributed by atoms with van der Waals surface area (Å²) in [6.07, 6.45) is 2.88. The molecule has 0 saturated carbocycles. The van der Waals surface area contributed by atoms with Gasteiger partial charge < -0.3 is 14.8 Å². The first-order valence-electron chi connectivity index (χ1n) is 9.84. The highest BCUT2D eigenvalue weighted by Gasteiger charge is 2.18. The van der Waals surface area contributed by atoms with E-state index in [1.165, 1.54) is 18.5 Å². The first kappa shape index (κ1) is 20.0. The molecule has 0 bridgehead atoms. The van der Waals surface area contributed by atoms with Gasteiger partial charge in [-0.05, 0) is 30.7 Å². The lowest BCUT2D eigenvalue weighted by Gasteiger charge is -2.16. The highest BCUT2D eigenvalue weighted by atomic mass is 19.1. The number of ketones is 1. The molecule has 3 aromatic rings. The third kappa shape index (κ3) is 4.65. The Morgan fingerprint density at radius 2 is 2.10 bits per heavy atom. The molecule has 2 heterocycles. The van der Waals surface area contributed by atoms with Crippen LogP contribution in [0.3, 0.4) is 0 Å². The maximum Gasteiger partial charge on any atom is 0.162 e. The average molecular weight is 410 g/mol. The number of Topliss-reactive ketones (excluding diaryl/α,β-unsaturated/α-hetero) is 1. The standard InChI is InChI=1S/C22H23FN4O3/c1-29-20-12-19-18(11-21(20)30-9-3-7-27-8-6-17(28)13-27)22(25-14-24-19)26-16-5-2-4-15(23)10-16/h2,4-5,10-12,14H,3,6-9,13H2,1H3,(H,24,25,26). The summed E-state index contributed by atoms with van der Waals surface area (Å²) in [5, 5.41) is 3.87. The molecule has 7 nitrogen and oxygen atoms in total. The lowest BCUT2D eigenvalue weighted by molar-refractivity contribution is -0.116. The number of benzene rings is 2. The lowest BCUT2D eigenvalue weighted by Crippen LogP contribution is -2.23. The maximum atomic E-state index is 13.5. The van der Waals surface area contributed by atoms with Gasteiger partial charge in [0.2, 0.25) is 0 Å². The molecule has 0 radical (unpaired) electrons. The summed E-state index contributed by atoms with van der Waals surface area (Å²) in [6, 6.07) is 9.81. The second-order valence-electron chi connectivity index (χ2n) is 7.14. The zero-order valence-corrected chi connectivity index (χ0v) is 16.7. The van der Waals surface area contributed by atoms with Crippen molar-refractivity contribution in [2.75, 3.05) is 38.7 Å². The Morgan fingerprint density at radius 3 is 2.87 bits per heavy atom. The van der Waals surface area contributed by atoms with Gasteiger partial charge in [-0.1, -0.05) is 6.07 Å². The second-order valence-corrected chi connectivity index (χ2v) is 7.14. The molecular formula is C22H23FN4O3. The van der Waals surface area contributed by atoms with Crippen molar-refractivity contribution in [1.29, 1.82) is 0 Å². The predicted molar refractivity (Wildman–Crippen MR) is 112 cm³/mol. The van der Waals surface area contributed by atoms with Crippen molar-refractivity contribution < 1.29 is 18.7 Å². The van der Waals surface area contributed by atoms with Gasteiger partial charge in [-0.2, -0.15) is 0 Å². The number of aromatic nitrogens is 2. The normalized spacial score (nSPS) is 14.3. The Kier molecular flexibility index (Phi) is 6.04. The molecule has 156 valence electrons. The SMILES string of the molecule is COc1cc2ncnc(Nc3cccc(F)c3)c2cc1OCCCN1CCC(=O)C1. The Balaban J connectivity index is 1.51. The van der Waals surface area contributed by atoms with Crippen LogP contribution in [0.15, 0.2) is 42.7 Å². The Morgan fingerprint density at radius 1 is 1.20 bits per heavy atom. The molecule has 1 N–H and O–H groups in total. The molecule has 1 fully saturated rings. The largest absolute Gasteiger partial charge is 0.493 e. The number of carbonyl (C=O) groups is 1. The molecule has 0 amide bonds. The molecule has 4 rings (SSSR count). The van der Waals surface area contributed by atoms with Crippen LogP contribution in [0.2, 0.25) is 0 Å². The fourth-order valence-corrected chi connectivity index (χ4v) is 3.49. The van der Waals surface area contributed by atoms with Crippen molar-refractivity contribution >= 4 is 28.2 Å². The van der Waals surface area contributed by atoms with Gasteiger partial charge in [0.15, 0.2) is 11.5 Å². The summed E-state index contributed by atoms with van der Waals surface area (Å²) in [5.41, 5.74) is 1.28. The minimum atomic E-state index is -0.330. The van der Waals surface area contributed by atoms with Gasteiger partial charge in [-0.15, -0.1) is 0 Å². The Hall–Kier alpha value is -3.26. The van der Waals surface area contributed by atoms with Crippen LogP contribution in [-0.4, -0.2) is 54.0 Å². The number of fused-ring (bicyclic) bond motifs is 1. The number of nitrogens with one attached hydrogen (secondary N) is 1. The van der Waals surface area contributed by atoms with Crippen molar-refractivity contribution in [3.63, 3.8) is 0 Å². The molecule has 0 aliphatic carbocycles. The van der Waals surface area contributed by atoms with Crippen molar-refractivity contribution in [3.05, 3.63) is 48.5 Å². The minimum Gasteiger partial charge on any atom is -0.493 e. The minimum absolute atomic E-state index is 0.297. The molecule has 0 spiro atoms. The summed E-state index contributed by atoms with van der Waals surface area (Å²) in [4.78, 5) is 22.1. The van der Waals surface area contributed by atoms with E-state index in [1.54, 1.807) is 25.3 Å². The van der Waals surface area contributed by atoms with Crippen LogP contribution in [-0.2, 0) is 4.79 Å². The van der Waals surface area contributed by atoms with E-state index in [1.807, 2.05) is 6.07 Å². The van der Waals surface area contributed by atoms with E-state index in [-0.39, 0.29) is 5.82 Å². The number of likely N-dealkylation sites (tertiary alicyclic amines) is 1. The number of halogens is 1. The van der Waals surface area contributed by atoms with Crippen molar-refractivity contribution in [3.8, 4) is 11.5 Å². The smallest absolute Gasteiger partial charge is 0.162 e. The van der Waals surface area contributed by atoms with Crippen LogP contribution in [0, 0.1) is 5.82 Å². The number of hydrogen-bond acceptors (Lipinski definition) is 7. The molecule has 0 unspecified atom stereocenters. The van der Waals surface area contributed by atoms with Crippen LogP contribution < -0.4 is 14.8 Å². The first-order valence-corrected chi connectivity index (χ1v) is 9.84. The number of hydrogen-bond donors (Lipinski definition) is 1. The van der Waals surface area contributed by atoms with Crippen molar-refractivity contribution in [2.45, 2.75) is 12.8 Å². The van der Waals surface area contributed by atoms with Gasteiger partial charge in [0, 0.05) is 36.7 Å². The number of methoxy groups -OCH3 is 1. The number of carbonyl (C=O) groups excluding carboxylic acids is 1. The Bertz CT molecular complexity index is 1060. The number of ether oxygens (including phenoxy) is 2. The van der Waals surface area contributed by atoms with Gasteiger partial charge in [-0.25, -0.2) is 14.4 Å². The van der Waals surface area contributed by atoms with Crippen LogP contribution in [0.5, 0.6) is 11.5 Å². The van der Waals surface area contributed by atoms with E-state index in [9.17, 15) is 9.18 Å². The van der Waals surface area contributed by atoms with E-state index in [0.717, 1.165) is 24.9 Å². The fraction of sp³-hybridized carbons (Fsp3) is 0.318. The molecule has 8 heteroatoms. The Labute approximate surface area is 173 Å². The number of rotatable bonds is 8. The predicted octanol–water partition coefficient (Wildman–Crippen LogP) is 3.56. The van der Waals surface area contributed by atoms with E-state index >= 15 is 0 Å². The molecule has 30 heavy (non-hydrogen) atoms. The molecular weight excluding hydrogens is 387 g/mol. The lowest BCUT2D eigenvalue weighted by atomic mass is 10.2. The second kappa shape index (κ2) is 9.04. The molecule has 0 atom stereocenters. The molecule has 1 aliphatic heterocycles. The molecule has 1 saturated heterocycles. The fourth-order valence-electron chi connectivity index (χ4n) is 3.49. The highest BCUT2D eigenvalue weighted by molar-refractivity contribution is 5.93. The zero-order chi connectivity index (χ0) is 20.9. The number of anilines is 2. The third-order valence-electron chi connectivity index (χ3n) is 4.99. The first-order chi connectivity index (χ1) is 14.6. The van der Waals surface area contributed by atoms with Gasteiger partial charge in [-0.3, -0.25) is 9.69 Å². The van der Waals surface area contributed by atoms with Gasteiger partial charge in [0.05, 0.1) is 25.8 Å². The molecule has 1 aliphatic rings. The van der Waals surface area contributed by atoms with Crippen LogP contribution in [0.4, 0.5) is 15.9 Å². The molecule has 2 aromatic carbocycles. The van der Waals surface area contributed by atoms with E-state index in [4.69, 9.17) is 9.47 Å². The van der Waals surface area contributed by atoms with Crippen molar-refractivity contribution in [2.24, 2.45) is 0 Å². The summed E-state index contributed by atoms with van der Waals surface area (Å²) in [6.45, 7) is 2.67. The average Bonchev–Trinajstić information content (AvgIpc) is 3.16. The summed E-state index contributed by atoms with van der Waals surface area (Å²) >= 11 is 0. The van der Waals surface area contributed by atoms with E-state index in [0.29, 0.717) is 53.9 Å². The maximum absolute atomic E-state index is 13.5. The van der Waals surface area contributed by atoms with Crippen LogP contribution in [0.1, 0.15) is 12.8 Å². The summed E-state index contributed by atoms with van der Waals surface area (Å²) in [7, 11) is 1.58. The van der Waals surface area contributed by atoms with Crippen LogP contribution >= 0.6 is 0 Å². The van der Waals surface area contributed by atoms with Gasteiger partial charge in [0.25, 0.3) is 0 Å². The van der Waals surface area contributed by atoms with E-state index < -0.39 is 0 Å². The van der Waals surface area contributed by atoms with Crippen molar-refractivity contribution in [1.82, 2.24) is 14.9 Å². The highest BCUT2D eigenvalue weighted by Crippen LogP contribution is 2.34. The zero-order valence-electron chi connectivity index (χ0n) is 16.7. The third-order valence-corrected chi connectivity index (χ3v) is 4.99. The topological polar surface area (TPSA) is 76.6 Å². The summed E-state index contributed by atoms with van der Waals surface area (Å²) in [5.74, 6) is 1.68. The van der Waals surface area contributed by atoms with Gasteiger partial charge >= 0.3 is 0 Å².